The number of pyridine rings is 1. The minimum atomic E-state index is -4.69. The van der Waals surface area contributed by atoms with Crippen LogP contribution in [0.5, 0.6) is 0 Å². The summed E-state index contributed by atoms with van der Waals surface area (Å²) in [4.78, 5) is 33.4. The third-order valence-electron chi connectivity index (χ3n) is 5.06. The fourth-order valence-corrected chi connectivity index (χ4v) is 4.47. The van der Waals surface area contributed by atoms with Gasteiger partial charge in [0.2, 0.25) is 0 Å². The molecule has 1 aliphatic rings. The second kappa shape index (κ2) is 8.37. The van der Waals surface area contributed by atoms with Crippen molar-refractivity contribution < 1.29 is 31.9 Å². The maximum absolute atomic E-state index is 14.8. The normalized spacial score (nSPS) is 19.2. The molecule has 4 heterocycles. The van der Waals surface area contributed by atoms with E-state index in [1.165, 1.54) is 36.0 Å². The van der Waals surface area contributed by atoms with E-state index >= 15 is 0 Å². The lowest BCUT2D eigenvalue weighted by Crippen LogP contribution is -2.47. The predicted molar refractivity (Wildman–Crippen MR) is 108 cm³/mol. The molecule has 0 bridgehead atoms. The number of hydrogen-bond donors (Lipinski definition) is 1. The van der Waals surface area contributed by atoms with Gasteiger partial charge in [0.05, 0.1) is 27.9 Å². The number of carbonyl (C=O) groups excluding carboxylic acids is 2. The van der Waals surface area contributed by atoms with E-state index in [2.05, 4.69) is 15.3 Å². The number of aromatic nitrogens is 3. The van der Waals surface area contributed by atoms with E-state index in [1.807, 2.05) is 0 Å². The van der Waals surface area contributed by atoms with Gasteiger partial charge < -0.3 is 15.0 Å². The van der Waals surface area contributed by atoms with E-state index in [0.29, 0.717) is 0 Å². The molecule has 1 saturated heterocycles. The Labute approximate surface area is 182 Å². The van der Waals surface area contributed by atoms with Crippen molar-refractivity contribution >= 4 is 39.4 Å². The number of alkyl halides is 4. The van der Waals surface area contributed by atoms with Crippen LogP contribution < -0.4 is 10.2 Å². The summed E-state index contributed by atoms with van der Waals surface area (Å²) in [5.41, 5.74) is -1.02. The van der Waals surface area contributed by atoms with E-state index < -0.39 is 36.0 Å². The monoisotopic (exact) mass is 471 g/mol. The number of carbonyl (C=O) groups is 2. The molecule has 170 valence electrons. The molecular weight excluding hydrogens is 454 g/mol. The minimum absolute atomic E-state index is 0.0146. The van der Waals surface area contributed by atoms with Crippen LogP contribution in [0.4, 0.5) is 28.2 Å². The molecule has 0 aromatic carbocycles. The Hall–Kier alpha value is -3.22. The molecule has 4 rings (SSSR count). The zero-order valence-corrected chi connectivity index (χ0v) is 17.4. The largest absolute Gasteiger partial charge is 0.442 e. The summed E-state index contributed by atoms with van der Waals surface area (Å²) in [5, 5.41) is 3.69. The third-order valence-corrected chi connectivity index (χ3v) is 6.06. The summed E-state index contributed by atoms with van der Waals surface area (Å²) < 4.78 is 61.9. The predicted octanol–water partition coefficient (Wildman–Crippen LogP) is 3.47. The molecule has 1 aliphatic heterocycles. The number of ether oxygens (including phenoxy) is 1. The molecule has 0 saturated carbocycles. The second-order valence-corrected chi connectivity index (χ2v) is 7.95. The molecular formula is C19H17F4N5O3S. The lowest BCUT2D eigenvalue weighted by Gasteiger charge is -2.35. The first kappa shape index (κ1) is 22.0. The van der Waals surface area contributed by atoms with Crippen molar-refractivity contribution in [3.63, 3.8) is 0 Å². The van der Waals surface area contributed by atoms with Crippen molar-refractivity contribution in [1.82, 2.24) is 19.9 Å². The van der Waals surface area contributed by atoms with E-state index in [-0.39, 0.29) is 41.1 Å². The zero-order valence-electron chi connectivity index (χ0n) is 16.6. The second-order valence-electron chi connectivity index (χ2n) is 7.07. The van der Waals surface area contributed by atoms with Gasteiger partial charge >= 0.3 is 12.3 Å². The number of rotatable bonds is 3. The number of anilines is 1. The van der Waals surface area contributed by atoms with Crippen LogP contribution in [-0.4, -0.2) is 58.9 Å². The highest BCUT2D eigenvalue weighted by Gasteiger charge is 2.38. The number of halogens is 4. The molecule has 1 fully saturated rings. The van der Waals surface area contributed by atoms with E-state index in [1.54, 1.807) is 0 Å². The molecule has 32 heavy (non-hydrogen) atoms. The Kier molecular flexibility index (Phi) is 5.75. The molecule has 0 radical (unpaired) electrons. The summed E-state index contributed by atoms with van der Waals surface area (Å²) in [5.74, 6) is -0.669. The number of amides is 1. The Morgan fingerprint density at radius 1 is 1.34 bits per heavy atom. The molecule has 0 aliphatic carbocycles. The highest BCUT2D eigenvalue weighted by Crippen LogP contribution is 2.40. The van der Waals surface area contributed by atoms with Gasteiger partial charge in [-0.25, -0.2) is 23.7 Å². The van der Waals surface area contributed by atoms with Gasteiger partial charge in [-0.05, 0) is 6.07 Å². The number of nitrogens with one attached hydrogen (secondary N) is 1. The van der Waals surface area contributed by atoms with Crippen LogP contribution in [0.3, 0.4) is 0 Å². The van der Waals surface area contributed by atoms with Crippen molar-refractivity contribution in [1.29, 1.82) is 0 Å². The van der Waals surface area contributed by atoms with Gasteiger partial charge in [0.25, 0.3) is 5.91 Å². The first-order valence-electron chi connectivity index (χ1n) is 9.48. The highest BCUT2D eigenvalue weighted by atomic mass is 32.1. The van der Waals surface area contributed by atoms with Gasteiger partial charge in [-0.15, -0.1) is 11.3 Å². The summed E-state index contributed by atoms with van der Waals surface area (Å²) in [6, 6.07) is 0.858. The number of hydrogen-bond acceptors (Lipinski definition) is 7. The van der Waals surface area contributed by atoms with E-state index in [0.717, 1.165) is 22.0 Å². The van der Waals surface area contributed by atoms with Crippen molar-refractivity contribution in [3.05, 3.63) is 41.3 Å². The molecule has 2 atom stereocenters. The molecule has 3 aromatic rings. The molecule has 8 nitrogen and oxygen atoms in total. The fraction of sp³-hybridized carbons (Fsp3) is 0.368. The number of fused-ring (bicyclic) bond motifs is 1. The summed E-state index contributed by atoms with van der Waals surface area (Å²) in [6.07, 6.45) is -4.20. The van der Waals surface area contributed by atoms with Gasteiger partial charge in [0.15, 0.2) is 6.17 Å². The number of nitrogens with zero attached hydrogens (tertiary/aromatic N) is 4. The Bertz CT molecular complexity index is 1150. The summed E-state index contributed by atoms with van der Waals surface area (Å²) >= 11 is 0.772. The molecule has 0 spiro atoms. The van der Waals surface area contributed by atoms with Crippen molar-refractivity contribution in [2.75, 3.05) is 25.0 Å². The Balaban J connectivity index is 1.61. The molecule has 13 heteroatoms. The van der Waals surface area contributed by atoms with Gasteiger partial charge in [0.1, 0.15) is 18.2 Å². The fourth-order valence-electron chi connectivity index (χ4n) is 3.45. The summed E-state index contributed by atoms with van der Waals surface area (Å²) in [7, 11) is 1.36. The van der Waals surface area contributed by atoms with Crippen LogP contribution in [-0.2, 0) is 10.9 Å². The van der Waals surface area contributed by atoms with Gasteiger partial charge in [-0.1, -0.05) is 0 Å². The molecule has 3 aromatic heterocycles. The SMILES string of the molecule is CNC(=O)c1csc2c(C(F)(F)F)cc(N3CC[C@@H](OC(=O)n4ccnc4)[C@H](F)C3)nc12. The molecule has 1 amide bonds. The lowest BCUT2D eigenvalue weighted by molar-refractivity contribution is -0.136. The summed E-state index contributed by atoms with van der Waals surface area (Å²) in [6.45, 7) is -0.214. The van der Waals surface area contributed by atoms with Gasteiger partial charge in [0, 0.05) is 37.8 Å². The highest BCUT2D eigenvalue weighted by molar-refractivity contribution is 7.17. The van der Waals surface area contributed by atoms with Crippen LogP contribution in [0.15, 0.2) is 30.2 Å². The Morgan fingerprint density at radius 2 is 2.12 bits per heavy atom. The third kappa shape index (κ3) is 4.11. The number of imidazole rings is 1. The van der Waals surface area contributed by atoms with Crippen LogP contribution in [0, 0.1) is 0 Å². The lowest BCUT2D eigenvalue weighted by atomic mass is 10.1. The number of thiophene rings is 1. The van der Waals surface area contributed by atoms with Crippen LogP contribution >= 0.6 is 11.3 Å². The van der Waals surface area contributed by atoms with Crippen LogP contribution in [0.1, 0.15) is 22.3 Å². The van der Waals surface area contributed by atoms with Crippen molar-refractivity contribution in [2.24, 2.45) is 0 Å². The molecule has 1 N–H and O–H groups in total. The quantitative estimate of drug-likeness (QED) is 0.589. The maximum atomic E-state index is 14.8. The average Bonchev–Trinajstić information content (AvgIpc) is 3.43. The smallest absolute Gasteiger partial charge is 0.419 e. The van der Waals surface area contributed by atoms with E-state index in [4.69, 9.17) is 4.74 Å². The van der Waals surface area contributed by atoms with Crippen LogP contribution in [0.25, 0.3) is 10.2 Å². The van der Waals surface area contributed by atoms with Crippen LogP contribution in [0.2, 0.25) is 0 Å². The average molecular weight is 471 g/mol. The van der Waals surface area contributed by atoms with Gasteiger partial charge in [-0.2, -0.15) is 13.2 Å². The maximum Gasteiger partial charge on any atom is 0.419 e. The zero-order chi connectivity index (χ0) is 23.0. The molecule has 0 unspecified atom stereocenters. The first-order chi connectivity index (χ1) is 15.2. The van der Waals surface area contributed by atoms with E-state index in [9.17, 15) is 27.2 Å². The topological polar surface area (TPSA) is 89.4 Å². The Morgan fingerprint density at radius 3 is 2.75 bits per heavy atom. The van der Waals surface area contributed by atoms with Crippen molar-refractivity contribution in [3.8, 4) is 0 Å². The van der Waals surface area contributed by atoms with Crippen molar-refractivity contribution in [2.45, 2.75) is 24.9 Å². The van der Waals surface area contributed by atoms with Gasteiger partial charge in [-0.3, -0.25) is 4.79 Å². The first-order valence-corrected chi connectivity index (χ1v) is 10.4. The number of piperidine rings is 1. The standard InChI is InChI=1S/C19H17F4N5O3S/c1-24-17(29)10-8-32-16-11(19(21,22)23)6-14(26-15(10)16)27-4-2-13(12(20)7-27)31-18(30)28-5-3-25-9-28/h3,5-6,8-9,12-13H,2,4,7H2,1H3,(H,24,29)/t12-,13-/m1/s1. The minimum Gasteiger partial charge on any atom is -0.442 e.